The number of carbonyl (C=O) groups is 1. The molecule has 0 saturated heterocycles. The van der Waals surface area contributed by atoms with E-state index in [1.165, 1.54) is 6.92 Å². The molecule has 0 unspecified atom stereocenters. The molecule has 12 heavy (non-hydrogen) atoms. The molecule has 2 fully saturated rings. The lowest BCUT2D eigenvalue weighted by molar-refractivity contribution is -0.120. The van der Waals surface area contributed by atoms with Gasteiger partial charge < -0.3 is 5.32 Å². The number of amides is 1. The summed E-state index contributed by atoms with van der Waals surface area (Å²) in [6, 6.07) is 0.122. The third kappa shape index (κ3) is 1.11. The van der Waals surface area contributed by atoms with Crippen molar-refractivity contribution in [3.63, 3.8) is 0 Å². The van der Waals surface area contributed by atoms with Gasteiger partial charge in [-0.1, -0.05) is 0 Å². The molecule has 2 bridgehead atoms. The second-order valence-corrected chi connectivity index (χ2v) is 3.99. The fraction of sp³-hybridized carbons (Fsp3) is 0.889. The average Bonchev–Trinajstić information content (AvgIpc) is 2.44. The molecule has 2 rings (SSSR count). The Morgan fingerprint density at radius 1 is 1.50 bits per heavy atom. The summed E-state index contributed by atoms with van der Waals surface area (Å²) in [4.78, 5) is 10.7. The van der Waals surface area contributed by atoms with E-state index in [2.05, 4.69) is 5.32 Å². The number of alkyl halides is 1. The van der Waals surface area contributed by atoms with Gasteiger partial charge in [-0.2, -0.15) is 0 Å². The van der Waals surface area contributed by atoms with Crippen LogP contribution in [0.15, 0.2) is 0 Å². The van der Waals surface area contributed by atoms with Gasteiger partial charge in [0, 0.05) is 18.9 Å². The number of nitrogens with one attached hydrogen (secondary N) is 1. The van der Waals surface area contributed by atoms with Gasteiger partial charge in [-0.25, -0.2) is 4.39 Å². The largest absolute Gasteiger partial charge is 0.353 e. The van der Waals surface area contributed by atoms with Gasteiger partial charge in [-0.05, 0) is 25.2 Å². The quantitative estimate of drug-likeness (QED) is 0.632. The summed E-state index contributed by atoms with van der Waals surface area (Å²) >= 11 is 0. The maximum atomic E-state index is 13.3. The zero-order valence-electron chi connectivity index (χ0n) is 7.22. The molecule has 1 amide bonds. The van der Waals surface area contributed by atoms with Crippen LogP contribution < -0.4 is 5.32 Å². The van der Waals surface area contributed by atoms with E-state index in [1.54, 1.807) is 0 Å². The van der Waals surface area contributed by atoms with Crippen molar-refractivity contribution in [3.05, 3.63) is 0 Å². The molecule has 0 aromatic carbocycles. The molecular weight excluding hydrogens is 157 g/mol. The van der Waals surface area contributed by atoms with Crippen molar-refractivity contribution in [3.8, 4) is 0 Å². The van der Waals surface area contributed by atoms with Gasteiger partial charge in [0.2, 0.25) is 5.91 Å². The molecule has 0 spiro atoms. The van der Waals surface area contributed by atoms with E-state index in [0.29, 0.717) is 0 Å². The minimum atomic E-state index is -0.651. The van der Waals surface area contributed by atoms with E-state index in [4.69, 9.17) is 0 Å². The third-order valence-electron chi connectivity index (χ3n) is 3.19. The zero-order chi connectivity index (χ0) is 8.72. The second-order valence-electron chi connectivity index (χ2n) is 3.99. The van der Waals surface area contributed by atoms with Crippen molar-refractivity contribution >= 4 is 5.91 Å². The van der Waals surface area contributed by atoms with Crippen LogP contribution in [-0.2, 0) is 4.79 Å². The zero-order valence-corrected chi connectivity index (χ0v) is 7.22. The van der Waals surface area contributed by atoms with E-state index in [-0.39, 0.29) is 23.8 Å². The molecule has 2 aliphatic rings. The lowest BCUT2D eigenvalue weighted by Crippen LogP contribution is -2.37. The van der Waals surface area contributed by atoms with Crippen LogP contribution in [0, 0.1) is 11.8 Å². The van der Waals surface area contributed by atoms with Crippen molar-refractivity contribution < 1.29 is 9.18 Å². The van der Waals surface area contributed by atoms with Crippen LogP contribution in [0.2, 0.25) is 0 Å². The standard InChI is InChI=1S/C9H14FNO/c1-5(12)11-8-4-6-2-3-7(8)9(6)10/h6-9H,2-4H2,1H3,(H,11,12)/t6-,7+,8-,9+/m0/s1. The summed E-state index contributed by atoms with van der Waals surface area (Å²) in [5.74, 6) is 0.311. The first kappa shape index (κ1) is 8.02. The van der Waals surface area contributed by atoms with Gasteiger partial charge in [0.15, 0.2) is 0 Å². The number of fused-ring (bicyclic) bond motifs is 2. The predicted molar refractivity (Wildman–Crippen MR) is 43.3 cm³/mol. The van der Waals surface area contributed by atoms with Crippen LogP contribution in [0.3, 0.4) is 0 Å². The number of hydrogen-bond donors (Lipinski definition) is 1. The highest BCUT2D eigenvalue weighted by atomic mass is 19.1. The molecule has 4 atom stereocenters. The Morgan fingerprint density at radius 2 is 2.25 bits per heavy atom. The van der Waals surface area contributed by atoms with E-state index in [1.807, 2.05) is 0 Å². The number of hydrogen-bond acceptors (Lipinski definition) is 1. The smallest absolute Gasteiger partial charge is 0.217 e. The lowest BCUT2D eigenvalue weighted by Gasteiger charge is -2.21. The van der Waals surface area contributed by atoms with Gasteiger partial charge in [-0.3, -0.25) is 4.79 Å². The topological polar surface area (TPSA) is 29.1 Å². The average molecular weight is 171 g/mol. The molecule has 0 heterocycles. The monoisotopic (exact) mass is 171 g/mol. The molecule has 2 saturated carbocycles. The molecule has 0 radical (unpaired) electrons. The van der Waals surface area contributed by atoms with Crippen molar-refractivity contribution in [1.29, 1.82) is 0 Å². The summed E-state index contributed by atoms with van der Waals surface area (Å²) in [5, 5.41) is 2.82. The van der Waals surface area contributed by atoms with E-state index in [0.717, 1.165) is 19.3 Å². The highest BCUT2D eigenvalue weighted by molar-refractivity contribution is 5.73. The third-order valence-corrected chi connectivity index (χ3v) is 3.19. The Kier molecular flexibility index (Phi) is 1.81. The predicted octanol–water partition coefficient (Wildman–Crippen LogP) is 1.26. The summed E-state index contributed by atoms with van der Waals surface area (Å²) in [6.45, 7) is 1.50. The molecule has 2 nitrogen and oxygen atoms in total. The van der Waals surface area contributed by atoms with Gasteiger partial charge in [0.1, 0.15) is 6.17 Å². The molecule has 3 heteroatoms. The molecule has 2 aliphatic carbocycles. The van der Waals surface area contributed by atoms with Crippen LogP contribution in [0.4, 0.5) is 4.39 Å². The molecule has 0 aromatic heterocycles. The fourth-order valence-electron chi connectivity index (χ4n) is 2.67. The summed E-state index contributed by atoms with van der Waals surface area (Å²) in [7, 11) is 0. The summed E-state index contributed by atoms with van der Waals surface area (Å²) in [5.41, 5.74) is 0. The number of rotatable bonds is 1. The van der Waals surface area contributed by atoms with Gasteiger partial charge in [0.05, 0.1) is 0 Å². The van der Waals surface area contributed by atoms with Crippen LogP contribution in [0.25, 0.3) is 0 Å². The highest BCUT2D eigenvalue weighted by Gasteiger charge is 2.48. The van der Waals surface area contributed by atoms with Crippen molar-refractivity contribution in [2.75, 3.05) is 0 Å². The van der Waals surface area contributed by atoms with Gasteiger partial charge in [0.25, 0.3) is 0 Å². The first-order valence-corrected chi connectivity index (χ1v) is 4.59. The molecule has 0 aromatic rings. The second kappa shape index (κ2) is 2.71. The highest BCUT2D eigenvalue weighted by Crippen LogP contribution is 2.46. The molecular formula is C9H14FNO. The van der Waals surface area contributed by atoms with E-state index < -0.39 is 6.17 Å². The lowest BCUT2D eigenvalue weighted by atomic mass is 9.95. The van der Waals surface area contributed by atoms with Crippen LogP contribution in [0.5, 0.6) is 0 Å². The van der Waals surface area contributed by atoms with Crippen molar-refractivity contribution in [2.24, 2.45) is 11.8 Å². The first-order chi connectivity index (χ1) is 5.68. The summed E-state index contributed by atoms with van der Waals surface area (Å²) < 4.78 is 13.3. The van der Waals surface area contributed by atoms with Gasteiger partial charge in [-0.15, -0.1) is 0 Å². The molecule has 68 valence electrons. The minimum absolute atomic E-state index is 0.0280. The molecule has 1 N–H and O–H groups in total. The van der Waals surface area contributed by atoms with E-state index in [9.17, 15) is 9.18 Å². The normalized spacial score (nSPS) is 44.8. The van der Waals surface area contributed by atoms with Crippen LogP contribution in [-0.4, -0.2) is 18.1 Å². The Balaban J connectivity index is 1.99. The van der Waals surface area contributed by atoms with Gasteiger partial charge >= 0.3 is 0 Å². The first-order valence-electron chi connectivity index (χ1n) is 4.59. The van der Waals surface area contributed by atoms with Crippen molar-refractivity contribution in [2.45, 2.75) is 38.4 Å². The molecule has 0 aliphatic heterocycles. The Hall–Kier alpha value is -0.600. The minimum Gasteiger partial charge on any atom is -0.353 e. The fourth-order valence-corrected chi connectivity index (χ4v) is 2.67. The SMILES string of the molecule is CC(=O)N[C@H]1C[C@@H]2CC[C@H]1[C@@H]2F. The Morgan fingerprint density at radius 3 is 2.67 bits per heavy atom. The van der Waals surface area contributed by atoms with Crippen molar-refractivity contribution in [1.82, 2.24) is 5.32 Å². The maximum absolute atomic E-state index is 13.3. The van der Waals surface area contributed by atoms with Crippen LogP contribution >= 0.6 is 0 Å². The Bertz CT molecular complexity index is 207. The number of carbonyl (C=O) groups excluding carboxylic acids is 1. The number of halogens is 1. The summed E-state index contributed by atoms with van der Waals surface area (Å²) in [6.07, 6.45) is 2.17. The van der Waals surface area contributed by atoms with Crippen LogP contribution in [0.1, 0.15) is 26.2 Å². The van der Waals surface area contributed by atoms with E-state index >= 15 is 0 Å². The maximum Gasteiger partial charge on any atom is 0.217 e. The Labute approximate surface area is 71.5 Å².